The van der Waals surface area contributed by atoms with Crippen LogP contribution in [0.25, 0.3) is 16.7 Å². The standard InChI is InChI=1S/C25H29FO3/c1-8-16-13-17(19-12-10-18(26)14-21(19)28-7)9-11-20(16)22-15(2)24(3,4)29-25(5,6)23(22)27/h9-14H,8H2,1-7H3. The normalized spacial score (nSPS) is 18.1. The number of Topliss-reactive ketones (excluding diaryl/α,β-unsaturated/α-hetero) is 1. The van der Waals surface area contributed by atoms with Crippen LogP contribution in [0.2, 0.25) is 0 Å². The number of rotatable bonds is 4. The number of hydrogen-bond donors (Lipinski definition) is 0. The lowest BCUT2D eigenvalue weighted by molar-refractivity contribution is -0.152. The van der Waals surface area contributed by atoms with Crippen molar-refractivity contribution in [3.63, 3.8) is 0 Å². The Morgan fingerprint density at radius 1 is 1.00 bits per heavy atom. The molecule has 0 radical (unpaired) electrons. The van der Waals surface area contributed by atoms with Gasteiger partial charge < -0.3 is 9.47 Å². The van der Waals surface area contributed by atoms with Crippen LogP contribution < -0.4 is 4.74 Å². The zero-order chi connectivity index (χ0) is 21.6. The summed E-state index contributed by atoms with van der Waals surface area (Å²) in [5.41, 5.74) is 4.00. The highest BCUT2D eigenvalue weighted by molar-refractivity contribution is 6.26. The van der Waals surface area contributed by atoms with Crippen molar-refractivity contribution < 1.29 is 18.7 Å². The van der Waals surface area contributed by atoms with Gasteiger partial charge in [-0.05, 0) is 75.4 Å². The molecule has 0 N–H and O–H groups in total. The first kappa shape index (κ1) is 21.3. The summed E-state index contributed by atoms with van der Waals surface area (Å²) in [7, 11) is 1.53. The molecule has 2 aromatic rings. The number of benzene rings is 2. The Balaban J connectivity index is 2.19. The average molecular weight is 397 g/mol. The Hall–Kier alpha value is -2.46. The topological polar surface area (TPSA) is 35.5 Å². The first-order chi connectivity index (χ1) is 13.5. The van der Waals surface area contributed by atoms with Gasteiger partial charge in [0.15, 0.2) is 5.78 Å². The van der Waals surface area contributed by atoms with Gasteiger partial charge in [-0.2, -0.15) is 0 Å². The summed E-state index contributed by atoms with van der Waals surface area (Å²) in [6.07, 6.45) is 0.762. The van der Waals surface area contributed by atoms with Crippen molar-refractivity contribution >= 4 is 11.4 Å². The van der Waals surface area contributed by atoms with Crippen molar-refractivity contribution in [2.45, 2.75) is 59.2 Å². The van der Waals surface area contributed by atoms with E-state index in [0.29, 0.717) is 5.75 Å². The second kappa shape index (κ2) is 7.42. The van der Waals surface area contributed by atoms with E-state index in [1.807, 2.05) is 46.8 Å². The number of carbonyl (C=O) groups excluding carboxylic acids is 1. The van der Waals surface area contributed by atoms with E-state index in [2.05, 4.69) is 13.0 Å². The SMILES string of the molecule is CCc1cc(-c2ccc(F)cc2OC)ccc1C1=C(C)C(C)(C)OC(C)(C)C1=O. The number of methoxy groups -OCH3 is 1. The van der Waals surface area contributed by atoms with E-state index < -0.39 is 11.2 Å². The molecular formula is C25H29FO3. The molecule has 3 nitrogen and oxygen atoms in total. The lowest BCUT2D eigenvalue weighted by atomic mass is 9.78. The summed E-state index contributed by atoms with van der Waals surface area (Å²) in [5.74, 6) is 0.145. The maximum Gasteiger partial charge on any atom is 0.194 e. The molecule has 0 unspecified atom stereocenters. The van der Waals surface area contributed by atoms with Crippen molar-refractivity contribution in [1.82, 2.24) is 0 Å². The fraction of sp³-hybridized carbons (Fsp3) is 0.400. The molecule has 0 amide bonds. The van der Waals surface area contributed by atoms with Gasteiger partial charge in [-0.15, -0.1) is 0 Å². The molecule has 0 aliphatic carbocycles. The number of ketones is 1. The monoisotopic (exact) mass is 396 g/mol. The molecule has 0 saturated carbocycles. The van der Waals surface area contributed by atoms with Crippen LogP contribution in [-0.4, -0.2) is 24.1 Å². The molecule has 0 atom stereocenters. The fourth-order valence-electron chi connectivity index (χ4n) is 4.06. The van der Waals surface area contributed by atoms with Crippen LogP contribution in [0.15, 0.2) is 42.0 Å². The molecule has 1 aliphatic heterocycles. The molecule has 2 aromatic carbocycles. The highest BCUT2D eigenvalue weighted by Crippen LogP contribution is 2.42. The van der Waals surface area contributed by atoms with E-state index in [0.717, 1.165) is 39.8 Å². The lowest BCUT2D eigenvalue weighted by Crippen LogP contribution is -2.49. The summed E-state index contributed by atoms with van der Waals surface area (Å²) in [6, 6.07) is 10.6. The van der Waals surface area contributed by atoms with Crippen molar-refractivity contribution in [3.8, 4) is 16.9 Å². The summed E-state index contributed by atoms with van der Waals surface area (Å²) >= 11 is 0. The van der Waals surface area contributed by atoms with Crippen LogP contribution in [0.3, 0.4) is 0 Å². The summed E-state index contributed by atoms with van der Waals surface area (Å²) in [4.78, 5) is 13.3. The third-order valence-electron chi connectivity index (χ3n) is 5.79. The third-order valence-corrected chi connectivity index (χ3v) is 5.79. The van der Waals surface area contributed by atoms with Gasteiger partial charge in [0.05, 0.1) is 12.7 Å². The fourth-order valence-corrected chi connectivity index (χ4v) is 4.06. The minimum Gasteiger partial charge on any atom is -0.496 e. The van der Waals surface area contributed by atoms with E-state index >= 15 is 0 Å². The lowest BCUT2D eigenvalue weighted by Gasteiger charge is -2.42. The van der Waals surface area contributed by atoms with Crippen LogP contribution in [-0.2, 0) is 16.0 Å². The van der Waals surface area contributed by atoms with Crippen LogP contribution in [0.1, 0.15) is 52.7 Å². The highest BCUT2D eigenvalue weighted by atomic mass is 19.1. The van der Waals surface area contributed by atoms with Crippen LogP contribution in [0, 0.1) is 5.82 Å². The Labute approximate surface area is 172 Å². The average Bonchev–Trinajstić information content (AvgIpc) is 2.66. The molecule has 29 heavy (non-hydrogen) atoms. The van der Waals surface area contributed by atoms with E-state index in [-0.39, 0.29) is 11.6 Å². The number of hydrogen-bond acceptors (Lipinski definition) is 3. The summed E-state index contributed by atoms with van der Waals surface area (Å²) in [5, 5.41) is 0. The van der Waals surface area contributed by atoms with Gasteiger partial charge >= 0.3 is 0 Å². The summed E-state index contributed by atoms with van der Waals surface area (Å²) < 4.78 is 25.1. The second-order valence-electron chi connectivity index (χ2n) is 8.52. The van der Waals surface area contributed by atoms with Crippen LogP contribution in [0.5, 0.6) is 5.75 Å². The van der Waals surface area contributed by atoms with E-state index in [4.69, 9.17) is 9.47 Å². The molecule has 0 spiro atoms. The van der Waals surface area contributed by atoms with Crippen molar-refractivity contribution in [1.29, 1.82) is 0 Å². The molecule has 154 valence electrons. The first-order valence-corrected chi connectivity index (χ1v) is 9.95. The molecule has 1 aliphatic rings. The van der Waals surface area contributed by atoms with Crippen LogP contribution in [0.4, 0.5) is 4.39 Å². The van der Waals surface area contributed by atoms with Gasteiger partial charge in [-0.1, -0.05) is 25.1 Å². The molecular weight excluding hydrogens is 367 g/mol. The third kappa shape index (κ3) is 3.74. The minimum atomic E-state index is -0.887. The maximum atomic E-state index is 13.6. The van der Waals surface area contributed by atoms with Gasteiger partial charge in [0.1, 0.15) is 17.2 Å². The zero-order valence-electron chi connectivity index (χ0n) is 18.3. The quantitative estimate of drug-likeness (QED) is 0.636. The number of halogens is 1. The molecule has 3 rings (SSSR count). The number of ether oxygens (including phenoxy) is 2. The molecule has 0 saturated heterocycles. The highest BCUT2D eigenvalue weighted by Gasteiger charge is 2.45. The molecule has 0 bridgehead atoms. The smallest absolute Gasteiger partial charge is 0.194 e. The van der Waals surface area contributed by atoms with E-state index in [1.54, 1.807) is 6.07 Å². The van der Waals surface area contributed by atoms with Gasteiger partial charge in [0, 0.05) is 17.2 Å². The Morgan fingerprint density at radius 3 is 2.28 bits per heavy atom. The van der Waals surface area contributed by atoms with Gasteiger partial charge in [-0.3, -0.25) is 4.79 Å². The number of aryl methyl sites for hydroxylation is 1. The molecule has 1 heterocycles. The first-order valence-electron chi connectivity index (χ1n) is 9.95. The van der Waals surface area contributed by atoms with Gasteiger partial charge in [0.25, 0.3) is 0 Å². The van der Waals surface area contributed by atoms with Crippen molar-refractivity contribution in [2.24, 2.45) is 0 Å². The Kier molecular flexibility index (Phi) is 5.44. The van der Waals surface area contributed by atoms with Crippen molar-refractivity contribution in [2.75, 3.05) is 7.11 Å². The maximum absolute atomic E-state index is 13.6. The summed E-state index contributed by atoms with van der Waals surface area (Å²) in [6.45, 7) is 11.7. The van der Waals surface area contributed by atoms with Crippen LogP contribution >= 0.6 is 0 Å². The van der Waals surface area contributed by atoms with E-state index in [9.17, 15) is 9.18 Å². The largest absolute Gasteiger partial charge is 0.496 e. The molecule has 0 fully saturated rings. The Bertz CT molecular complexity index is 999. The van der Waals surface area contributed by atoms with E-state index in [1.165, 1.54) is 19.2 Å². The predicted molar refractivity (Wildman–Crippen MR) is 115 cm³/mol. The Morgan fingerprint density at radius 2 is 1.66 bits per heavy atom. The van der Waals surface area contributed by atoms with Gasteiger partial charge in [0.2, 0.25) is 0 Å². The molecule has 4 heteroatoms. The predicted octanol–water partition coefficient (Wildman–Crippen LogP) is 5.99. The van der Waals surface area contributed by atoms with Crippen molar-refractivity contribution in [3.05, 3.63) is 58.9 Å². The minimum absolute atomic E-state index is 0.00358. The number of carbonyl (C=O) groups is 1. The zero-order valence-corrected chi connectivity index (χ0v) is 18.3. The molecule has 0 aromatic heterocycles. The van der Waals surface area contributed by atoms with Gasteiger partial charge in [-0.25, -0.2) is 4.39 Å². The second-order valence-corrected chi connectivity index (χ2v) is 8.52.